The fraction of sp³-hybridized carbons (Fsp3) is 0.200. The molecule has 0 fully saturated rings. The molecule has 0 aliphatic rings. The molecule has 0 amide bonds. The maximum atomic E-state index is 10.2. The van der Waals surface area contributed by atoms with E-state index in [1.807, 2.05) is 0 Å². The summed E-state index contributed by atoms with van der Waals surface area (Å²) >= 11 is 10.8. The van der Waals surface area contributed by atoms with Crippen molar-refractivity contribution in [2.24, 2.45) is 0 Å². The number of aromatic nitrogens is 3. The van der Waals surface area contributed by atoms with Gasteiger partial charge in [0.2, 0.25) is 6.33 Å². The van der Waals surface area contributed by atoms with Crippen molar-refractivity contribution in [3.63, 3.8) is 0 Å². The van der Waals surface area contributed by atoms with Crippen LogP contribution in [-0.4, -0.2) is 19.7 Å². The number of hydrogen-bond donors (Lipinski definition) is 0. The monoisotopic (exact) mass is 222 g/mol. The second-order valence-corrected chi connectivity index (χ2v) is 2.76. The van der Waals surface area contributed by atoms with Crippen molar-refractivity contribution >= 4 is 29.2 Å². The standard InChI is InChI=1S/C5H4Cl2N4O2/c6-1-4(7)2-10-3-8-5(9-10)11(12)13/h1,3H,2H2/b4-1-. The minimum atomic E-state index is -0.686. The van der Waals surface area contributed by atoms with Gasteiger partial charge < -0.3 is 10.1 Å². The molecule has 1 heterocycles. The summed E-state index contributed by atoms with van der Waals surface area (Å²) in [5.74, 6) is -0.459. The zero-order valence-electron chi connectivity index (χ0n) is 6.22. The first-order valence-corrected chi connectivity index (χ1v) is 3.93. The number of nitrogens with zero attached hydrogens (tertiary/aromatic N) is 4. The summed E-state index contributed by atoms with van der Waals surface area (Å²) < 4.78 is 1.22. The lowest BCUT2D eigenvalue weighted by molar-refractivity contribution is -0.394. The molecule has 0 saturated heterocycles. The van der Waals surface area contributed by atoms with Crippen LogP contribution in [0.3, 0.4) is 0 Å². The van der Waals surface area contributed by atoms with Crippen molar-refractivity contribution < 1.29 is 4.92 Å². The first-order chi connectivity index (χ1) is 6.13. The molecule has 0 N–H and O–H groups in total. The average molecular weight is 223 g/mol. The molecule has 13 heavy (non-hydrogen) atoms. The van der Waals surface area contributed by atoms with Crippen LogP contribution in [0.15, 0.2) is 16.9 Å². The van der Waals surface area contributed by atoms with Gasteiger partial charge >= 0.3 is 5.95 Å². The Hall–Kier alpha value is -1.14. The molecular formula is C5H4Cl2N4O2. The molecule has 0 aromatic carbocycles. The van der Waals surface area contributed by atoms with Crippen LogP contribution in [-0.2, 0) is 6.54 Å². The van der Waals surface area contributed by atoms with E-state index in [0.29, 0.717) is 5.03 Å². The summed E-state index contributed by atoms with van der Waals surface area (Å²) in [5, 5.41) is 14.0. The van der Waals surface area contributed by atoms with Gasteiger partial charge in [-0.25, -0.2) is 0 Å². The molecule has 70 valence electrons. The van der Waals surface area contributed by atoms with Crippen LogP contribution in [0.4, 0.5) is 5.95 Å². The fourth-order valence-electron chi connectivity index (χ4n) is 0.634. The Morgan fingerprint density at radius 2 is 2.54 bits per heavy atom. The van der Waals surface area contributed by atoms with E-state index in [9.17, 15) is 10.1 Å². The number of halogens is 2. The van der Waals surface area contributed by atoms with Crippen molar-refractivity contribution in [3.05, 3.63) is 27.0 Å². The van der Waals surface area contributed by atoms with Gasteiger partial charge in [0.25, 0.3) is 0 Å². The summed E-state index contributed by atoms with van der Waals surface area (Å²) in [6.45, 7) is 0.173. The molecule has 1 rings (SSSR count). The molecule has 0 bridgehead atoms. The van der Waals surface area contributed by atoms with Gasteiger partial charge in [0.15, 0.2) is 0 Å². The van der Waals surface area contributed by atoms with E-state index < -0.39 is 10.9 Å². The van der Waals surface area contributed by atoms with Gasteiger partial charge in [0.05, 0.1) is 11.6 Å². The number of rotatable bonds is 3. The lowest BCUT2D eigenvalue weighted by atomic mass is 10.6. The normalized spacial score (nSPS) is 11.7. The predicted molar refractivity (Wildman–Crippen MR) is 46.5 cm³/mol. The SMILES string of the molecule is O=[N+]([O-])c1ncn(C/C(Cl)=C/Cl)n1. The number of nitro groups is 1. The predicted octanol–water partition coefficient (Wildman–Crippen LogP) is 1.51. The van der Waals surface area contributed by atoms with E-state index in [1.165, 1.54) is 11.0 Å². The number of allylic oxidation sites excluding steroid dienone is 1. The van der Waals surface area contributed by atoms with E-state index in [2.05, 4.69) is 10.1 Å². The molecule has 0 unspecified atom stereocenters. The Morgan fingerprint density at radius 3 is 3.00 bits per heavy atom. The van der Waals surface area contributed by atoms with E-state index in [0.717, 1.165) is 5.54 Å². The molecule has 1 aromatic heterocycles. The molecule has 8 heteroatoms. The lowest BCUT2D eigenvalue weighted by Crippen LogP contribution is -1.99. The van der Waals surface area contributed by atoms with Gasteiger partial charge in [-0.3, -0.25) is 0 Å². The van der Waals surface area contributed by atoms with Crippen molar-refractivity contribution in [3.8, 4) is 0 Å². The highest BCUT2D eigenvalue weighted by molar-refractivity contribution is 6.36. The molecule has 0 spiro atoms. The molecule has 0 radical (unpaired) electrons. The highest BCUT2D eigenvalue weighted by atomic mass is 35.5. The van der Waals surface area contributed by atoms with Gasteiger partial charge in [-0.1, -0.05) is 28.2 Å². The van der Waals surface area contributed by atoms with Crippen molar-refractivity contribution in [2.45, 2.75) is 6.54 Å². The quantitative estimate of drug-likeness (QED) is 0.574. The molecular weight excluding hydrogens is 219 g/mol. The second-order valence-electron chi connectivity index (χ2n) is 2.06. The summed E-state index contributed by atoms with van der Waals surface area (Å²) in [4.78, 5) is 12.9. The van der Waals surface area contributed by atoms with Crippen LogP contribution >= 0.6 is 23.2 Å². The van der Waals surface area contributed by atoms with E-state index in [-0.39, 0.29) is 6.54 Å². The van der Waals surface area contributed by atoms with Gasteiger partial charge in [-0.15, -0.1) is 0 Å². The third kappa shape index (κ3) is 2.67. The Kier molecular flexibility index (Phi) is 3.21. The molecule has 1 aromatic rings. The first kappa shape index (κ1) is 9.94. The molecule has 0 aliphatic heterocycles. The maximum absolute atomic E-state index is 10.2. The maximum Gasteiger partial charge on any atom is 0.490 e. The van der Waals surface area contributed by atoms with Crippen LogP contribution < -0.4 is 0 Å². The topological polar surface area (TPSA) is 73.8 Å². The van der Waals surface area contributed by atoms with Crippen molar-refractivity contribution in [1.82, 2.24) is 14.8 Å². The Morgan fingerprint density at radius 1 is 1.85 bits per heavy atom. The minimum Gasteiger partial charge on any atom is -0.390 e. The van der Waals surface area contributed by atoms with Crippen molar-refractivity contribution in [1.29, 1.82) is 0 Å². The van der Waals surface area contributed by atoms with E-state index in [1.54, 1.807) is 0 Å². The van der Waals surface area contributed by atoms with Crippen LogP contribution in [0.5, 0.6) is 0 Å². The van der Waals surface area contributed by atoms with Crippen LogP contribution in [0, 0.1) is 10.1 Å². The highest BCUT2D eigenvalue weighted by Crippen LogP contribution is 2.07. The lowest BCUT2D eigenvalue weighted by Gasteiger charge is -1.91. The summed E-state index contributed by atoms with van der Waals surface area (Å²) in [5.41, 5.74) is 1.16. The average Bonchev–Trinajstić information content (AvgIpc) is 2.52. The molecule has 0 aliphatic carbocycles. The van der Waals surface area contributed by atoms with E-state index in [4.69, 9.17) is 23.2 Å². The van der Waals surface area contributed by atoms with Gasteiger partial charge in [0.1, 0.15) is 0 Å². The largest absolute Gasteiger partial charge is 0.490 e. The molecule has 6 nitrogen and oxygen atoms in total. The third-order valence-corrected chi connectivity index (χ3v) is 1.72. The van der Waals surface area contributed by atoms with Gasteiger partial charge in [-0.05, 0) is 4.92 Å². The minimum absolute atomic E-state index is 0.173. The molecule has 0 saturated carbocycles. The zero-order chi connectivity index (χ0) is 9.84. The number of hydrogen-bond acceptors (Lipinski definition) is 4. The van der Waals surface area contributed by atoms with Gasteiger partial charge in [-0.2, -0.15) is 4.68 Å². The van der Waals surface area contributed by atoms with Crippen molar-refractivity contribution in [2.75, 3.05) is 0 Å². The Labute approximate surface area is 82.9 Å². The molecule has 0 atom stereocenters. The van der Waals surface area contributed by atoms with Gasteiger partial charge in [0, 0.05) is 10.6 Å². The third-order valence-electron chi connectivity index (χ3n) is 1.12. The van der Waals surface area contributed by atoms with Crippen LogP contribution in [0.2, 0.25) is 0 Å². The smallest absolute Gasteiger partial charge is 0.390 e. The first-order valence-electron chi connectivity index (χ1n) is 3.12. The summed E-state index contributed by atoms with van der Waals surface area (Å²) in [7, 11) is 0. The second kappa shape index (κ2) is 4.20. The van der Waals surface area contributed by atoms with Crippen LogP contribution in [0.1, 0.15) is 0 Å². The Bertz CT molecular complexity index is 348. The zero-order valence-corrected chi connectivity index (χ0v) is 7.73. The fourth-order valence-corrected chi connectivity index (χ4v) is 0.825. The van der Waals surface area contributed by atoms with E-state index >= 15 is 0 Å². The van der Waals surface area contributed by atoms with Crippen LogP contribution in [0.25, 0.3) is 0 Å². The Balaban J connectivity index is 2.75. The summed E-state index contributed by atoms with van der Waals surface area (Å²) in [6, 6.07) is 0. The highest BCUT2D eigenvalue weighted by Gasteiger charge is 2.12. The summed E-state index contributed by atoms with van der Waals surface area (Å²) in [6.07, 6.45) is 1.21.